The molecule has 1 amide bonds. The first-order valence-corrected chi connectivity index (χ1v) is 5.64. The largest absolute Gasteiger partial charge is 0.373 e. The van der Waals surface area contributed by atoms with Crippen LogP contribution in [0.2, 0.25) is 5.02 Å². The van der Waals surface area contributed by atoms with Crippen LogP contribution >= 0.6 is 11.6 Å². The number of rotatable bonds is 3. The van der Waals surface area contributed by atoms with Gasteiger partial charge in [0.1, 0.15) is 5.82 Å². The third-order valence-electron chi connectivity index (χ3n) is 2.27. The quantitative estimate of drug-likeness (QED) is 0.892. The molecule has 0 aliphatic rings. The van der Waals surface area contributed by atoms with E-state index in [-0.39, 0.29) is 5.91 Å². The molecule has 0 saturated heterocycles. The lowest BCUT2D eigenvalue weighted by molar-refractivity contribution is 0.102. The number of aromatic nitrogens is 2. The Hall–Kier alpha value is -2.14. The fraction of sp³-hybridized carbons (Fsp3) is 0.0833. The second-order valence-electron chi connectivity index (χ2n) is 3.47. The second kappa shape index (κ2) is 5.46. The van der Waals surface area contributed by atoms with Crippen molar-refractivity contribution in [2.45, 2.75) is 0 Å². The normalized spacial score (nSPS) is 9.89. The van der Waals surface area contributed by atoms with Gasteiger partial charge in [-0.25, -0.2) is 9.97 Å². The Morgan fingerprint density at radius 3 is 2.83 bits per heavy atom. The minimum atomic E-state index is -0.283. The van der Waals surface area contributed by atoms with E-state index in [1.807, 2.05) is 0 Å². The number of nitrogens with zero attached hydrogens (tertiary/aromatic N) is 2. The van der Waals surface area contributed by atoms with Gasteiger partial charge in [-0.2, -0.15) is 0 Å². The van der Waals surface area contributed by atoms with E-state index in [0.717, 1.165) is 0 Å². The summed E-state index contributed by atoms with van der Waals surface area (Å²) < 4.78 is 0. The van der Waals surface area contributed by atoms with Crippen molar-refractivity contribution in [3.8, 4) is 0 Å². The van der Waals surface area contributed by atoms with Gasteiger partial charge >= 0.3 is 0 Å². The van der Waals surface area contributed by atoms with Crippen molar-refractivity contribution in [3.63, 3.8) is 0 Å². The molecule has 2 rings (SSSR count). The second-order valence-corrected chi connectivity index (χ2v) is 3.87. The molecule has 5 nitrogen and oxygen atoms in total. The van der Waals surface area contributed by atoms with Crippen molar-refractivity contribution in [3.05, 3.63) is 47.2 Å². The van der Waals surface area contributed by atoms with Crippen molar-refractivity contribution < 1.29 is 4.79 Å². The molecule has 0 fully saturated rings. The van der Waals surface area contributed by atoms with Crippen molar-refractivity contribution in [1.29, 1.82) is 0 Å². The number of halogens is 1. The lowest BCUT2D eigenvalue weighted by Gasteiger charge is -2.06. The van der Waals surface area contributed by atoms with Gasteiger partial charge in [-0.05, 0) is 24.3 Å². The number of carbonyl (C=O) groups excluding carboxylic acids is 1. The molecule has 2 heterocycles. The molecule has 0 spiro atoms. The topological polar surface area (TPSA) is 66.9 Å². The summed E-state index contributed by atoms with van der Waals surface area (Å²) in [5.74, 6) is 0.677. The van der Waals surface area contributed by atoms with Gasteiger partial charge in [0, 0.05) is 25.0 Å². The maximum absolute atomic E-state index is 12.0. The number of anilines is 2. The molecule has 92 valence electrons. The van der Waals surface area contributed by atoms with Crippen LogP contribution in [0.15, 0.2) is 36.7 Å². The monoisotopic (exact) mass is 262 g/mol. The molecule has 0 saturated carbocycles. The van der Waals surface area contributed by atoms with Gasteiger partial charge < -0.3 is 10.6 Å². The van der Waals surface area contributed by atoms with Gasteiger partial charge in [0.2, 0.25) is 0 Å². The summed E-state index contributed by atoms with van der Waals surface area (Å²) in [4.78, 5) is 20.0. The summed E-state index contributed by atoms with van der Waals surface area (Å²) in [6, 6.07) is 6.62. The molecule has 0 aliphatic carbocycles. The summed E-state index contributed by atoms with van der Waals surface area (Å²) in [5.41, 5.74) is 0.482. The maximum atomic E-state index is 12.0. The number of hydrogen-bond acceptors (Lipinski definition) is 4. The van der Waals surface area contributed by atoms with Crippen LogP contribution < -0.4 is 10.6 Å². The summed E-state index contributed by atoms with van der Waals surface area (Å²) in [7, 11) is 1.74. The molecule has 0 atom stereocenters. The van der Waals surface area contributed by atoms with E-state index in [1.165, 1.54) is 0 Å². The zero-order valence-electron chi connectivity index (χ0n) is 9.64. The maximum Gasteiger partial charge on any atom is 0.257 e. The molecule has 2 aromatic rings. The van der Waals surface area contributed by atoms with Crippen LogP contribution in [-0.4, -0.2) is 22.9 Å². The number of carbonyl (C=O) groups is 1. The highest BCUT2D eigenvalue weighted by atomic mass is 35.5. The van der Waals surface area contributed by atoms with Crippen molar-refractivity contribution >= 4 is 29.1 Å². The van der Waals surface area contributed by atoms with Crippen LogP contribution in [0.1, 0.15) is 10.4 Å². The Morgan fingerprint density at radius 1 is 1.28 bits per heavy atom. The minimum absolute atomic E-state index is 0.283. The van der Waals surface area contributed by atoms with Crippen LogP contribution in [0.5, 0.6) is 0 Å². The van der Waals surface area contributed by atoms with E-state index >= 15 is 0 Å². The average molecular weight is 263 g/mol. The van der Waals surface area contributed by atoms with Gasteiger partial charge in [0.15, 0.2) is 5.82 Å². The van der Waals surface area contributed by atoms with E-state index in [4.69, 9.17) is 11.6 Å². The SMILES string of the molecule is CNc1cc(C(=O)Nc2ncccc2Cl)ccn1. The van der Waals surface area contributed by atoms with Crippen LogP contribution in [0.3, 0.4) is 0 Å². The molecule has 18 heavy (non-hydrogen) atoms. The third-order valence-corrected chi connectivity index (χ3v) is 2.57. The number of hydrogen-bond donors (Lipinski definition) is 2. The average Bonchev–Trinajstić information content (AvgIpc) is 2.41. The van der Waals surface area contributed by atoms with Gasteiger partial charge in [-0.3, -0.25) is 4.79 Å². The first-order chi connectivity index (χ1) is 8.70. The summed E-state index contributed by atoms with van der Waals surface area (Å²) in [5, 5.41) is 5.90. The van der Waals surface area contributed by atoms with Gasteiger partial charge in [-0.15, -0.1) is 0 Å². The third kappa shape index (κ3) is 2.75. The number of amides is 1. The lowest BCUT2D eigenvalue weighted by Crippen LogP contribution is -2.13. The Kier molecular flexibility index (Phi) is 3.74. The van der Waals surface area contributed by atoms with E-state index in [2.05, 4.69) is 20.6 Å². The molecule has 0 aliphatic heterocycles. The van der Waals surface area contributed by atoms with E-state index in [1.54, 1.807) is 43.7 Å². The van der Waals surface area contributed by atoms with Gasteiger partial charge in [0.05, 0.1) is 5.02 Å². The predicted molar refractivity (Wildman–Crippen MR) is 71.0 cm³/mol. The van der Waals surface area contributed by atoms with Crippen molar-refractivity contribution in [2.75, 3.05) is 17.7 Å². The molecule has 2 aromatic heterocycles. The van der Waals surface area contributed by atoms with Crippen molar-refractivity contribution in [2.24, 2.45) is 0 Å². The number of nitrogens with one attached hydrogen (secondary N) is 2. The Morgan fingerprint density at radius 2 is 2.11 bits per heavy atom. The Balaban J connectivity index is 2.19. The minimum Gasteiger partial charge on any atom is -0.373 e. The molecule has 0 bridgehead atoms. The Bertz CT molecular complexity index is 574. The summed E-state index contributed by atoms with van der Waals surface area (Å²) >= 11 is 5.91. The molecule has 0 aromatic carbocycles. The zero-order chi connectivity index (χ0) is 13.0. The lowest BCUT2D eigenvalue weighted by atomic mass is 10.2. The van der Waals surface area contributed by atoms with Crippen LogP contribution in [-0.2, 0) is 0 Å². The molecular formula is C12H11ClN4O. The smallest absolute Gasteiger partial charge is 0.257 e. The van der Waals surface area contributed by atoms with E-state index in [9.17, 15) is 4.79 Å². The van der Waals surface area contributed by atoms with E-state index in [0.29, 0.717) is 22.2 Å². The first-order valence-electron chi connectivity index (χ1n) is 5.26. The molecule has 0 unspecified atom stereocenters. The zero-order valence-corrected chi connectivity index (χ0v) is 10.4. The first kappa shape index (κ1) is 12.3. The van der Waals surface area contributed by atoms with Crippen LogP contribution in [0.4, 0.5) is 11.6 Å². The fourth-order valence-electron chi connectivity index (χ4n) is 1.37. The summed E-state index contributed by atoms with van der Waals surface area (Å²) in [6.07, 6.45) is 3.12. The molecule has 2 N–H and O–H groups in total. The summed E-state index contributed by atoms with van der Waals surface area (Å²) in [6.45, 7) is 0. The van der Waals surface area contributed by atoms with Gasteiger partial charge in [0.25, 0.3) is 5.91 Å². The standard InChI is InChI=1S/C12H11ClN4O/c1-14-10-7-8(4-6-15-10)12(18)17-11-9(13)3-2-5-16-11/h2-7H,1H3,(H,14,15)(H,16,17,18). The molecule has 0 radical (unpaired) electrons. The van der Waals surface area contributed by atoms with Gasteiger partial charge in [-0.1, -0.05) is 11.6 Å². The Labute approximate surface area is 109 Å². The van der Waals surface area contributed by atoms with Crippen LogP contribution in [0.25, 0.3) is 0 Å². The molecule has 6 heteroatoms. The van der Waals surface area contributed by atoms with Crippen LogP contribution in [0, 0.1) is 0 Å². The number of pyridine rings is 2. The predicted octanol–water partition coefficient (Wildman–Crippen LogP) is 2.42. The fourth-order valence-corrected chi connectivity index (χ4v) is 1.53. The highest BCUT2D eigenvalue weighted by Gasteiger charge is 2.09. The highest BCUT2D eigenvalue weighted by molar-refractivity contribution is 6.33. The highest BCUT2D eigenvalue weighted by Crippen LogP contribution is 2.18. The van der Waals surface area contributed by atoms with Crippen molar-refractivity contribution in [1.82, 2.24) is 9.97 Å². The van der Waals surface area contributed by atoms with E-state index < -0.39 is 0 Å². The molecular weight excluding hydrogens is 252 g/mol.